The summed E-state index contributed by atoms with van der Waals surface area (Å²) in [6, 6.07) is 1.64. The smallest absolute Gasteiger partial charge is 0.475 e. The fraction of sp³-hybridized carbons (Fsp3) is 0.545. The topological polar surface area (TPSA) is 115 Å². The number of nitrogens with zero attached hydrogens (tertiary/aromatic N) is 1. The predicted octanol–water partition coefficient (Wildman–Crippen LogP) is -0.101. The summed E-state index contributed by atoms with van der Waals surface area (Å²) in [6.45, 7) is -0.989. The predicted molar refractivity (Wildman–Crippen MR) is 67.1 cm³/mol. The number of aliphatic hydroxyl groups is 2. The van der Waals surface area contributed by atoms with Gasteiger partial charge in [-0.3, -0.25) is 0 Å². The third-order valence-corrected chi connectivity index (χ3v) is 3.74. The fourth-order valence-electron chi connectivity index (χ4n) is 1.61. The van der Waals surface area contributed by atoms with Crippen molar-refractivity contribution in [2.45, 2.75) is 11.1 Å². The zero-order valence-corrected chi connectivity index (χ0v) is 12.2. The van der Waals surface area contributed by atoms with Crippen molar-refractivity contribution in [3.8, 4) is 11.6 Å². The lowest BCUT2D eigenvalue weighted by Gasteiger charge is -2.35. The Balaban J connectivity index is 2.36. The number of aliphatic hydroxyl groups excluding tert-OH is 1. The van der Waals surface area contributed by atoms with Gasteiger partial charge in [0.2, 0.25) is 5.88 Å². The first kappa shape index (κ1) is 17.7. The maximum absolute atomic E-state index is 12.4. The second kappa shape index (κ2) is 6.11. The molecular weight excluding hydrogens is 347 g/mol. The molecule has 1 saturated heterocycles. The number of halogens is 3. The van der Waals surface area contributed by atoms with E-state index in [0.717, 1.165) is 12.1 Å². The molecule has 0 amide bonds. The SMILES string of the molecule is O=S(=O)(Oc1cc(OCCO)nc(C2(O)COC2)c1)C(F)(F)F. The Kier molecular flexibility index (Phi) is 4.71. The highest BCUT2D eigenvalue weighted by atomic mass is 32.2. The number of hydrogen-bond donors (Lipinski definition) is 2. The molecule has 0 spiro atoms. The number of pyridine rings is 1. The Morgan fingerprint density at radius 3 is 2.48 bits per heavy atom. The minimum Gasteiger partial charge on any atom is -0.475 e. The molecule has 1 aliphatic heterocycles. The lowest BCUT2D eigenvalue weighted by atomic mass is 9.97. The summed E-state index contributed by atoms with van der Waals surface area (Å²) in [4.78, 5) is 3.84. The summed E-state index contributed by atoms with van der Waals surface area (Å²) < 4.78 is 73.0. The van der Waals surface area contributed by atoms with Gasteiger partial charge in [0.15, 0.2) is 5.60 Å². The van der Waals surface area contributed by atoms with Gasteiger partial charge in [0, 0.05) is 12.1 Å². The molecule has 1 fully saturated rings. The van der Waals surface area contributed by atoms with Gasteiger partial charge in [-0.15, -0.1) is 0 Å². The molecule has 1 aromatic rings. The molecule has 1 aromatic heterocycles. The van der Waals surface area contributed by atoms with Crippen molar-refractivity contribution in [2.24, 2.45) is 0 Å². The second-order valence-electron chi connectivity index (χ2n) is 4.61. The molecule has 0 aliphatic carbocycles. The average molecular weight is 359 g/mol. The highest BCUT2D eigenvalue weighted by molar-refractivity contribution is 7.88. The minimum absolute atomic E-state index is 0.172. The van der Waals surface area contributed by atoms with E-state index >= 15 is 0 Å². The van der Waals surface area contributed by atoms with Gasteiger partial charge in [0.05, 0.1) is 25.5 Å². The van der Waals surface area contributed by atoms with E-state index in [-0.39, 0.29) is 31.4 Å². The Labute approximate surface area is 128 Å². The van der Waals surface area contributed by atoms with E-state index in [9.17, 15) is 26.7 Å². The van der Waals surface area contributed by atoms with Crippen LogP contribution in [0.25, 0.3) is 0 Å². The van der Waals surface area contributed by atoms with Crippen LogP contribution in [0.5, 0.6) is 11.6 Å². The van der Waals surface area contributed by atoms with Crippen molar-refractivity contribution in [1.82, 2.24) is 4.98 Å². The number of aromatic nitrogens is 1. The summed E-state index contributed by atoms with van der Waals surface area (Å²) in [5, 5.41) is 18.8. The van der Waals surface area contributed by atoms with Gasteiger partial charge in [-0.05, 0) is 0 Å². The van der Waals surface area contributed by atoms with E-state index in [1.165, 1.54) is 0 Å². The third kappa shape index (κ3) is 3.83. The van der Waals surface area contributed by atoms with E-state index in [1.54, 1.807) is 0 Å². The summed E-state index contributed by atoms with van der Waals surface area (Å²) in [5.74, 6) is -1.05. The van der Waals surface area contributed by atoms with Gasteiger partial charge >= 0.3 is 15.6 Å². The van der Waals surface area contributed by atoms with Crippen molar-refractivity contribution in [3.05, 3.63) is 17.8 Å². The van der Waals surface area contributed by atoms with Crippen molar-refractivity contribution < 1.29 is 45.5 Å². The van der Waals surface area contributed by atoms with Crippen LogP contribution in [-0.4, -0.2) is 55.6 Å². The zero-order valence-electron chi connectivity index (χ0n) is 11.4. The second-order valence-corrected chi connectivity index (χ2v) is 6.14. The summed E-state index contributed by atoms with van der Waals surface area (Å²) in [6.07, 6.45) is 0. The molecule has 0 radical (unpaired) electrons. The van der Waals surface area contributed by atoms with E-state index in [2.05, 4.69) is 9.17 Å². The third-order valence-electron chi connectivity index (χ3n) is 2.76. The van der Waals surface area contributed by atoms with Crippen LogP contribution in [0.4, 0.5) is 13.2 Å². The normalized spacial score (nSPS) is 17.4. The first-order valence-corrected chi connectivity index (χ1v) is 7.55. The lowest BCUT2D eigenvalue weighted by Crippen LogP contribution is -2.47. The van der Waals surface area contributed by atoms with Crippen LogP contribution in [-0.2, 0) is 20.5 Å². The van der Waals surface area contributed by atoms with Crippen molar-refractivity contribution in [2.75, 3.05) is 26.4 Å². The number of alkyl halides is 3. The molecule has 130 valence electrons. The van der Waals surface area contributed by atoms with E-state index < -0.39 is 33.6 Å². The quantitative estimate of drug-likeness (QED) is 0.534. The van der Waals surface area contributed by atoms with E-state index in [4.69, 9.17) is 14.6 Å². The molecule has 0 bridgehead atoms. The Bertz CT molecular complexity index is 673. The van der Waals surface area contributed by atoms with Gasteiger partial charge < -0.3 is 23.9 Å². The van der Waals surface area contributed by atoms with Crippen molar-refractivity contribution >= 4 is 10.1 Å². The molecule has 2 rings (SSSR count). The molecule has 8 nitrogen and oxygen atoms in total. The average Bonchev–Trinajstić information content (AvgIpc) is 2.40. The van der Waals surface area contributed by atoms with Crippen LogP contribution >= 0.6 is 0 Å². The van der Waals surface area contributed by atoms with E-state index in [0.29, 0.717) is 0 Å². The molecule has 23 heavy (non-hydrogen) atoms. The first-order chi connectivity index (χ1) is 10.6. The Morgan fingerprint density at radius 1 is 1.35 bits per heavy atom. The zero-order chi connectivity index (χ0) is 17.3. The summed E-state index contributed by atoms with van der Waals surface area (Å²) >= 11 is 0. The minimum atomic E-state index is -5.88. The first-order valence-electron chi connectivity index (χ1n) is 6.14. The monoisotopic (exact) mass is 359 g/mol. The molecule has 0 saturated carbocycles. The van der Waals surface area contributed by atoms with Gasteiger partial charge in [0.25, 0.3) is 0 Å². The summed E-state index contributed by atoms with van der Waals surface area (Å²) in [7, 11) is -5.88. The van der Waals surface area contributed by atoms with Crippen LogP contribution in [0, 0.1) is 0 Å². The standard InChI is InChI=1S/C11H12F3NO7S/c12-11(13,14)23(18,19)22-7-3-8(10(17)5-20-6-10)15-9(4-7)21-2-1-16/h3-4,16-17H,1-2,5-6H2. The van der Waals surface area contributed by atoms with Gasteiger partial charge in [-0.25, -0.2) is 4.98 Å². The Morgan fingerprint density at radius 2 is 2.00 bits per heavy atom. The largest absolute Gasteiger partial charge is 0.534 e. The number of hydrogen-bond acceptors (Lipinski definition) is 8. The molecular formula is C11H12F3NO7S. The fourth-order valence-corrected chi connectivity index (χ4v) is 2.05. The van der Waals surface area contributed by atoms with Crippen molar-refractivity contribution in [1.29, 1.82) is 0 Å². The summed E-state index contributed by atoms with van der Waals surface area (Å²) in [5.41, 5.74) is -7.37. The molecule has 0 aromatic carbocycles. The van der Waals surface area contributed by atoms with E-state index in [1.807, 2.05) is 0 Å². The van der Waals surface area contributed by atoms with Gasteiger partial charge in [-0.1, -0.05) is 0 Å². The van der Waals surface area contributed by atoms with Gasteiger partial charge in [-0.2, -0.15) is 21.6 Å². The molecule has 1 aliphatic rings. The lowest BCUT2D eigenvalue weighted by molar-refractivity contribution is -0.187. The maximum Gasteiger partial charge on any atom is 0.534 e. The van der Waals surface area contributed by atoms with Crippen LogP contribution < -0.4 is 8.92 Å². The van der Waals surface area contributed by atoms with Gasteiger partial charge in [0.1, 0.15) is 12.4 Å². The highest BCUT2D eigenvalue weighted by Crippen LogP contribution is 2.34. The van der Waals surface area contributed by atoms with Crippen LogP contribution in [0.1, 0.15) is 5.69 Å². The van der Waals surface area contributed by atoms with Crippen molar-refractivity contribution in [3.63, 3.8) is 0 Å². The molecule has 0 unspecified atom stereocenters. The van der Waals surface area contributed by atoms with Crippen LogP contribution in [0.15, 0.2) is 12.1 Å². The molecule has 0 atom stereocenters. The van der Waals surface area contributed by atoms with Crippen LogP contribution in [0.2, 0.25) is 0 Å². The highest BCUT2D eigenvalue weighted by Gasteiger charge is 2.49. The maximum atomic E-state index is 12.4. The van der Waals surface area contributed by atoms with Crippen LogP contribution in [0.3, 0.4) is 0 Å². The molecule has 2 heterocycles. The molecule has 2 N–H and O–H groups in total. The number of rotatable bonds is 6. The Hall–Kier alpha value is -1.63. The molecule has 12 heteroatoms. The number of ether oxygens (including phenoxy) is 2.